The van der Waals surface area contributed by atoms with E-state index in [1.807, 2.05) is 0 Å². The van der Waals surface area contributed by atoms with Crippen LogP contribution in [-0.2, 0) is 16.1 Å². The Kier molecular flexibility index (Phi) is 20.3. The maximum Gasteiger partial charge on any atom is 0.104 e. The van der Waals surface area contributed by atoms with Crippen LogP contribution >= 0.6 is 11.6 Å². The second-order valence-corrected chi connectivity index (χ2v) is 9.89. The van der Waals surface area contributed by atoms with Crippen LogP contribution in [0, 0.1) is 11.3 Å². The number of ether oxygens (including phenoxy) is 2. The lowest BCUT2D eigenvalue weighted by molar-refractivity contribution is -0.0502. The average molecular weight is 494 g/mol. The van der Waals surface area contributed by atoms with Gasteiger partial charge in [-0.25, -0.2) is 0 Å². The van der Waals surface area contributed by atoms with Gasteiger partial charge in [0.2, 0.25) is 0 Å². The number of halogens is 1. The van der Waals surface area contributed by atoms with E-state index in [2.05, 4.69) is 13.0 Å². The van der Waals surface area contributed by atoms with Crippen molar-refractivity contribution in [3.8, 4) is 6.07 Å². The van der Waals surface area contributed by atoms with Crippen molar-refractivity contribution in [2.75, 3.05) is 19.8 Å². The molecule has 0 aliphatic rings. The van der Waals surface area contributed by atoms with Gasteiger partial charge >= 0.3 is 0 Å². The maximum atomic E-state index is 9.52. The highest BCUT2D eigenvalue weighted by Crippen LogP contribution is 2.16. The number of nitrogens with zero attached hydrogens (tertiary/aromatic N) is 1. The number of benzene rings is 1. The van der Waals surface area contributed by atoms with Crippen LogP contribution in [0.1, 0.15) is 121 Å². The first-order valence-corrected chi connectivity index (χ1v) is 14.1. The zero-order valence-electron chi connectivity index (χ0n) is 21.5. The molecule has 0 bridgehead atoms. The Bertz CT molecular complexity index is 647. The SMILES string of the molecule is CCCCCCCCCCCCCCCCCCOC[C@H](CO)OCc1cc(Cl)cc(C#N)c1. The summed E-state index contributed by atoms with van der Waals surface area (Å²) in [5, 5.41) is 19.1. The van der Waals surface area contributed by atoms with E-state index in [0.29, 0.717) is 30.4 Å². The van der Waals surface area contributed by atoms with Crippen LogP contribution < -0.4 is 0 Å². The first-order chi connectivity index (χ1) is 16.7. The summed E-state index contributed by atoms with van der Waals surface area (Å²) in [5.74, 6) is 0. The van der Waals surface area contributed by atoms with E-state index in [1.54, 1.807) is 18.2 Å². The predicted octanol–water partition coefficient (Wildman–Crippen LogP) is 8.37. The zero-order valence-corrected chi connectivity index (χ0v) is 22.3. The number of hydrogen-bond acceptors (Lipinski definition) is 4. The fraction of sp³-hybridized carbons (Fsp3) is 0.759. The van der Waals surface area contributed by atoms with Gasteiger partial charge < -0.3 is 14.6 Å². The zero-order chi connectivity index (χ0) is 24.7. The van der Waals surface area contributed by atoms with Gasteiger partial charge in [0.15, 0.2) is 0 Å². The van der Waals surface area contributed by atoms with Crippen molar-refractivity contribution in [3.63, 3.8) is 0 Å². The van der Waals surface area contributed by atoms with Gasteiger partial charge in [-0.1, -0.05) is 115 Å². The largest absolute Gasteiger partial charge is 0.394 e. The molecule has 5 heteroatoms. The fourth-order valence-corrected chi connectivity index (χ4v) is 4.39. The molecule has 0 aliphatic carbocycles. The Morgan fingerprint density at radius 3 is 1.85 bits per heavy atom. The quantitative estimate of drug-likeness (QED) is 0.155. The van der Waals surface area contributed by atoms with Crippen LogP contribution in [0.2, 0.25) is 5.02 Å². The number of rotatable bonds is 23. The third kappa shape index (κ3) is 17.3. The van der Waals surface area contributed by atoms with Crippen LogP contribution in [0.4, 0.5) is 0 Å². The molecule has 0 saturated heterocycles. The van der Waals surface area contributed by atoms with Crippen LogP contribution in [0.15, 0.2) is 18.2 Å². The van der Waals surface area contributed by atoms with Crippen molar-refractivity contribution in [3.05, 3.63) is 34.3 Å². The van der Waals surface area contributed by atoms with Crippen molar-refractivity contribution in [2.24, 2.45) is 0 Å². The molecular formula is C29H48ClNO3. The second kappa shape index (κ2) is 22.4. The topological polar surface area (TPSA) is 62.5 Å². The molecule has 1 N–H and O–H groups in total. The number of aliphatic hydroxyl groups excluding tert-OH is 1. The normalized spacial score (nSPS) is 12.1. The van der Waals surface area contributed by atoms with Gasteiger partial charge in [0, 0.05) is 11.6 Å². The Morgan fingerprint density at radius 1 is 0.824 bits per heavy atom. The standard InChI is InChI=1S/C29H48ClNO3/c1-2-3-4-5-6-7-8-9-10-11-12-13-14-15-16-17-18-33-25-29(23-32)34-24-27-19-26(22-31)20-28(30)21-27/h19-21,29,32H,2-18,23-25H2,1H3/t29-/m0/s1. The summed E-state index contributed by atoms with van der Waals surface area (Å²) in [6.07, 6.45) is 21.3. The monoisotopic (exact) mass is 493 g/mol. The Morgan fingerprint density at radius 2 is 1.35 bits per heavy atom. The van der Waals surface area contributed by atoms with Gasteiger partial charge in [0.25, 0.3) is 0 Å². The van der Waals surface area contributed by atoms with E-state index in [0.717, 1.165) is 12.0 Å². The summed E-state index contributed by atoms with van der Waals surface area (Å²) in [6.45, 7) is 3.56. The lowest BCUT2D eigenvalue weighted by Crippen LogP contribution is -2.24. The number of nitriles is 1. The Balaban J connectivity index is 1.89. The molecule has 0 aliphatic heterocycles. The van der Waals surface area contributed by atoms with E-state index in [-0.39, 0.29) is 12.7 Å². The van der Waals surface area contributed by atoms with E-state index >= 15 is 0 Å². The van der Waals surface area contributed by atoms with Gasteiger partial charge in [0.05, 0.1) is 31.5 Å². The molecule has 0 heterocycles. The Hall–Kier alpha value is -1.12. The minimum absolute atomic E-state index is 0.0926. The maximum absolute atomic E-state index is 9.52. The minimum Gasteiger partial charge on any atom is -0.394 e. The van der Waals surface area contributed by atoms with Gasteiger partial charge in [-0.3, -0.25) is 0 Å². The van der Waals surface area contributed by atoms with Crippen LogP contribution in [0.3, 0.4) is 0 Å². The smallest absolute Gasteiger partial charge is 0.104 e. The molecule has 0 radical (unpaired) electrons. The van der Waals surface area contributed by atoms with Crippen molar-refractivity contribution >= 4 is 11.6 Å². The number of unbranched alkanes of at least 4 members (excludes halogenated alkanes) is 15. The summed E-state index contributed by atoms with van der Waals surface area (Å²) in [4.78, 5) is 0. The van der Waals surface area contributed by atoms with Crippen molar-refractivity contribution in [1.82, 2.24) is 0 Å². The number of aliphatic hydroxyl groups is 1. The summed E-state index contributed by atoms with van der Waals surface area (Å²) in [5.41, 5.74) is 1.33. The molecule has 0 aromatic heterocycles. The molecule has 0 unspecified atom stereocenters. The molecule has 0 saturated carbocycles. The molecule has 1 rings (SSSR count). The first-order valence-electron chi connectivity index (χ1n) is 13.7. The lowest BCUT2D eigenvalue weighted by Gasteiger charge is -2.16. The molecule has 0 fully saturated rings. The van der Waals surface area contributed by atoms with Crippen LogP contribution in [0.25, 0.3) is 0 Å². The number of hydrogen-bond donors (Lipinski definition) is 1. The summed E-state index contributed by atoms with van der Waals surface area (Å²) in [6, 6.07) is 7.22. The molecule has 34 heavy (non-hydrogen) atoms. The van der Waals surface area contributed by atoms with Crippen molar-refractivity contribution in [1.29, 1.82) is 5.26 Å². The summed E-state index contributed by atoms with van der Waals surface area (Å²) < 4.78 is 11.4. The highest BCUT2D eigenvalue weighted by Gasteiger charge is 2.09. The molecule has 1 aromatic carbocycles. The van der Waals surface area contributed by atoms with Gasteiger partial charge in [-0.15, -0.1) is 0 Å². The van der Waals surface area contributed by atoms with Crippen molar-refractivity contribution in [2.45, 2.75) is 122 Å². The first kappa shape index (κ1) is 30.9. The highest BCUT2D eigenvalue weighted by molar-refractivity contribution is 6.30. The predicted molar refractivity (Wildman–Crippen MR) is 142 cm³/mol. The molecule has 1 atom stereocenters. The molecule has 1 aromatic rings. The van der Waals surface area contributed by atoms with E-state index < -0.39 is 0 Å². The van der Waals surface area contributed by atoms with E-state index in [1.165, 1.54) is 96.3 Å². The Labute approximate surface area is 214 Å². The summed E-state index contributed by atoms with van der Waals surface area (Å²) >= 11 is 6.02. The van der Waals surface area contributed by atoms with E-state index in [9.17, 15) is 5.11 Å². The average Bonchev–Trinajstić information content (AvgIpc) is 2.84. The molecular weight excluding hydrogens is 446 g/mol. The third-order valence-corrected chi connectivity index (χ3v) is 6.44. The lowest BCUT2D eigenvalue weighted by atomic mass is 10.0. The molecule has 4 nitrogen and oxygen atoms in total. The summed E-state index contributed by atoms with van der Waals surface area (Å²) in [7, 11) is 0. The fourth-order valence-electron chi connectivity index (χ4n) is 4.13. The van der Waals surface area contributed by atoms with Crippen LogP contribution in [-0.4, -0.2) is 31.0 Å². The van der Waals surface area contributed by atoms with E-state index in [4.69, 9.17) is 26.3 Å². The molecule has 0 spiro atoms. The van der Waals surface area contributed by atoms with Gasteiger partial charge in [-0.05, 0) is 30.2 Å². The molecule has 194 valence electrons. The van der Waals surface area contributed by atoms with Crippen LogP contribution in [0.5, 0.6) is 0 Å². The highest BCUT2D eigenvalue weighted by atomic mass is 35.5. The molecule has 0 amide bonds. The van der Waals surface area contributed by atoms with Gasteiger partial charge in [-0.2, -0.15) is 5.26 Å². The second-order valence-electron chi connectivity index (χ2n) is 9.45. The van der Waals surface area contributed by atoms with Crippen molar-refractivity contribution < 1.29 is 14.6 Å². The minimum atomic E-state index is -0.370. The third-order valence-electron chi connectivity index (χ3n) is 6.22. The van der Waals surface area contributed by atoms with Gasteiger partial charge in [0.1, 0.15) is 6.10 Å².